The predicted octanol–water partition coefficient (Wildman–Crippen LogP) is 2.39. The lowest BCUT2D eigenvalue weighted by Crippen LogP contribution is -2.14. The summed E-state index contributed by atoms with van der Waals surface area (Å²) in [6.07, 6.45) is 2.92. The second kappa shape index (κ2) is 5.60. The number of hydrogen-bond acceptors (Lipinski definition) is 3. The molecule has 0 aliphatic rings. The summed E-state index contributed by atoms with van der Waals surface area (Å²) in [5.74, 6) is -2.38. The number of benzene rings is 1. The van der Waals surface area contributed by atoms with E-state index in [1.165, 1.54) is 29.1 Å². The van der Waals surface area contributed by atoms with Crippen molar-refractivity contribution in [2.24, 2.45) is 0 Å². The maximum Gasteiger partial charge on any atom is 0.374 e. The fraction of sp³-hybridized carbons (Fsp3) is 0.231. The van der Waals surface area contributed by atoms with Gasteiger partial charge in [-0.15, -0.1) is 0 Å². The number of esters is 1. The van der Waals surface area contributed by atoms with Crippen LogP contribution in [0.3, 0.4) is 0 Å². The lowest BCUT2D eigenvalue weighted by Gasteiger charge is -2.08. The number of carbonyl (C=O) groups excluding carboxylic acids is 1. The van der Waals surface area contributed by atoms with Crippen molar-refractivity contribution in [1.29, 1.82) is 0 Å². The van der Waals surface area contributed by atoms with Crippen LogP contribution in [0.15, 0.2) is 30.6 Å². The van der Waals surface area contributed by atoms with E-state index in [2.05, 4.69) is 4.98 Å². The molecule has 0 spiro atoms. The molecule has 0 fully saturated rings. The minimum atomic E-state index is -0.925. The number of imidazole rings is 1. The van der Waals surface area contributed by atoms with Gasteiger partial charge in [-0.25, -0.2) is 18.6 Å². The Balaban J connectivity index is 2.27. The van der Waals surface area contributed by atoms with Crippen molar-refractivity contribution < 1.29 is 18.3 Å². The van der Waals surface area contributed by atoms with Gasteiger partial charge < -0.3 is 9.30 Å². The van der Waals surface area contributed by atoms with E-state index in [1.54, 1.807) is 6.92 Å². The molecule has 0 amide bonds. The highest BCUT2D eigenvalue weighted by molar-refractivity contribution is 5.85. The molecule has 6 heteroatoms. The van der Waals surface area contributed by atoms with Crippen molar-refractivity contribution in [3.8, 4) is 0 Å². The van der Waals surface area contributed by atoms with Crippen molar-refractivity contribution in [1.82, 2.24) is 9.55 Å². The molecule has 0 saturated carbocycles. The number of ether oxygens (including phenoxy) is 1. The van der Waals surface area contributed by atoms with Crippen molar-refractivity contribution in [3.63, 3.8) is 0 Å². The highest BCUT2D eigenvalue weighted by Crippen LogP contribution is 2.14. The second-order valence-electron chi connectivity index (χ2n) is 3.81. The fourth-order valence-corrected chi connectivity index (χ4v) is 1.68. The van der Waals surface area contributed by atoms with Crippen molar-refractivity contribution >= 4 is 5.97 Å². The Labute approximate surface area is 108 Å². The highest BCUT2D eigenvalue weighted by Gasteiger charge is 2.16. The molecule has 1 heterocycles. The Morgan fingerprint density at radius 2 is 2.21 bits per heavy atom. The molecule has 19 heavy (non-hydrogen) atoms. The van der Waals surface area contributed by atoms with Crippen LogP contribution in [-0.2, 0) is 11.3 Å². The van der Waals surface area contributed by atoms with E-state index in [0.29, 0.717) is 0 Å². The Morgan fingerprint density at radius 3 is 2.95 bits per heavy atom. The van der Waals surface area contributed by atoms with E-state index < -0.39 is 17.6 Å². The van der Waals surface area contributed by atoms with Crippen LogP contribution in [0.25, 0.3) is 0 Å². The molecule has 2 rings (SSSR count). The van der Waals surface area contributed by atoms with Crippen LogP contribution in [-0.4, -0.2) is 22.1 Å². The zero-order valence-electron chi connectivity index (χ0n) is 10.3. The molecule has 0 aliphatic carbocycles. The molecule has 0 radical (unpaired) electrons. The first-order chi connectivity index (χ1) is 9.13. The number of aromatic nitrogens is 2. The Bertz CT molecular complexity index is 596. The summed E-state index contributed by atoms with van der Waals surface area (Å²) < 4.78 is 32.9. The maximum absolute atomic E-state index is 13.5. The molecule has 0 atom stereocenters. The van der Waals surface area contributed by atoms with Crippen LogP contribution in [0.1, 0.15) is 23.1 Å². The third kappa shape index (κ3) is 2.78. The molecule has 1 aromatic heterocycles. The van der Waals surface area contributed by atoms with Gasteiger partial charge in [0, 0.05) is 18.0 Å². The van der Waals surface area contributed by atoms with Crippen molar-refractivity contribution in [3.05, 3.63) is 53.6 Å². The monoisotopic (exact) mass is 266 g/mol. The third-order valence-corrected chi connectivity index (χ3v) is 2.55. The number of rotatable bonds is 4. The zero-order valence-corrected chi connectivity index (χ0v) is 10.3. The van der Waals surface area contributed by atoms with Crippen LogP contribution in [0, 0.1) is 11.6 Å². The number of halogens is 2. The van der Waals surface area contributed by atoms with E-state index >= 15 is 0 Å². The molecule has 4 nitrogen and oxygen atoms in total. The van der Waals surface area contributed by atoms with E-state index in [-0.39, 0.29) is 24.5 Å². The highest BCUT2D eigenvalue weighted by atomic mass is 19.2. The zero-order chi connectivity index (χ0) is 13.8. The van der Waals surface area contributed by atoms with Crippen LogP contribution in [0.5, 0.6) is 0 Å². The van der Waals surface area contributed by atoms with Gasteiger partial charge in [0.2, 0.25) is 5.82 Å². The molecule has 0 N–H and O–H groups in total. The third-order valence-electron chi connectivity index (χ3n) is 2.55. The fourth-order valence-electron chi connectivity index (χ4n) is 1.68. The van der Waals surface area contributed by atoms with Gasteiger partial charge >= 0.3 is 5.97 Å². The van der Waals surface area contributed by atoms with Crippen LogP contribution in [0.2, 0.25) is 0 Å². The summed E-state index contributed by atoms with van der Waals surface area (Å²) >= 11 is 0. The maximum atomic E-state index is 13.5. The topological polar surface area (TPSA) is 44.1 Å². The molecule has 0 bridgehead atoms. The summed E-state index contributed by atoms with van der Waals surface area (Å²) in [4.78, 5) is 15.5. The average Bonchev–Trinajstić information content (AvgIpc) is 2.83. The van der Waals surface area contributed by atoms with Gasteiger partial charge in [-0.2, -0.15) is 0 Å². The Kier molecular flexibility index (Phi) is 3.89. The van der Waals surface area contributed by atoms with E-state index in [4.69, 9.17) is 4.74 Å². The quantitative estimate of drug-likeness (QED) is 0.798. The molecule has 0 saturated heterocycles. The second-order valence-corrected chi connectivity index (χ2v) is 3.81. The lowest BCUT2D eigenvalue weighted by atomic mass is 10.2. The van der Waals surface area contributed by atoms with Crippen LogP contribution >= 0.6 is 0 Å². The normalized spacial score (nSPS) is 10.5. The standard InChI is InChI=1S/C13H12F2N2O2/c1-2-19-13(18)12-16-6-7-17(12)8-9-4-3-5-10(14)11(9)15/h3-7H,2,8H2,1H3. The molecule has 0 unspecified atom stereocenters. The average molecular weight is 266 g/mol. The van der Waals surface area contributed by atoms with Gasteiger partial charge in [0.1, 0.15) is 0 Å². The summed E-state index contributed by atoms with van der Waals surface area (Å²) in [6, 6.07) is 3.90. The minimum absolute atomic E-state index is 0.0116. The van der Waals surface area contributed by atoms with Gasteiger partial charge in [-0.1, -0.05) is 12.1 Å². The first kappa shape index (κ1) is 13.2. The van der Waals surface area contributed by atoms with Gasteiger partial charge in [-0.05, 0) is 13.0 Å². The summed E-state index contributed by atoms with van der Waals surface area (Å²) in [5, 5.41) is 0. The first-order valence-electron chi connectivity index (χ1n) is 5.74. The number of hydrogen-bond donors (Lipinski definition) is 0. The molecule has 100 valence electrons. The van der Waals surface area contributed by atoms with E-state index in [9.17, 15) is 13.6 Å². The summed E-state index contributed by atoms with van der Waals surface area (Å²) in [5.41, 5.74) is 0.142. The molecule has 2 aromatic rings. The smallest absolute Gasteiger partial charge is 0.374 e. The Morgan fingerprint density at radius 1 is 1.42 bits per heavy atom. The number of carbonyl (C=O) groups is 1. The SMILES string of the molecule is CCOC(=O)c1nccn1Cc1cccc(F)c1F. The summed E-state index contributed by atoms with van der Waals surface area (Å²) in [6.45, 7) is 1.91. The molecule has 1 aromatic carbocycles. The van der Waals surface area contributed by atoms with Crippen molar-refractivity contribution in [2.45, 2.75) is 13.5 Å². The largest absolute Gasteiger partial charge is 0.460 e. The van der Waals surface area contributed by atoms with Gasteiger partial charge in [0.15, 0.2) is 11.6 Å². The van der Waals surface area contributed by atoms with E-state index in [1.807, 2.05) is 0 Å². The summed E-state index contributed by atoms with van der Waals surface area (Å²) in [7, 11) is 0. The molecular formula is C13H12F2N2O2. The molecule has 0 aliphatic heterocycles. The van der Waals surface area contributed by atoms with Gasteiger partial charge in [-0.3, -0.25) is 0 Å². The lowest BCUT2D eigenvalue weighted by molar-refractivity contribution is 0.0507. The van der Waals surface area contributed by atoms with Gasteiger partial charge in [0.25, 0.3) is 0 Å². The van der Waals surface area contributed by atoms with Crippen LogP contribution < -0.4 is 0 Å². The van der Waals surface area contributed by atoms with Crippen LogP contribution in [0.4, 0.5) is 8.78 Å². The van der Waals surface area contributed by atoms with Gasteiger partial charge in [0.05, 0.1) is 13.2 Å². The first-order valence-corrected chi connectivity index (χ1v) is 5.74. The number of nitrogens with zero attached hydrogens (tertiary/aromatic N) is 2. The predicted molar refractivity (Wildman–Crippen MR) is 63.6 cm³/mol. The van der Waals surface area contributed by atoms with E-state index in [0.717, 1.165) is 6.07 Å². The molecular weight excluding hydrogens is 254 g/mol. The Hall–Kier alpha value is -2.24. The van der Waals surface area contributed by atoms with Crippen molar-refractivity contribution in [2.75, 3.05) is 6.61 Å². The minimum Gasteiger partial charge on any atom is -0.460 e.